The molecule has 3 N–H and O–H groups in total. The van der Waals surface area contributed by atoms with E-state index in [1.165, 1.54) is 83.5 Å². The van der Waals surface area contributed by atoms with Gasteiger partial charge in [-0.2, -0.15) is 0 Å². The largest absolute Gasteiger partial charge is 0.498 e. The van der Waals surface area contributed by atoms with Crippen LogP contribution in [0.15, 0.2) is 60.9 Å². The summed E-state index contributed by atoms with van der Waals surface area (Å²) in [5.74, 6) is -0.377. The van der Waals surface area contributed by atoms with Crippen molar-refractivity contribution in [1.29, 1.82) is 0 Å². The van der Waals surface area contributed by atoms with E-state index < -0.39 is 13.9 Å². The molecule has 0 saturated heterocycles. The summed E-state index contributed by atoms with van der Waals surface area (Å²) in [5.41, 5.74) is 5.36. The van der Waals surface area contributed by atoms with E-state index in [1.54, 1.807) is 6.26 Å². The number of rotatable bonds is 39. The van der Waals surface area contributed by atoms with Gasteiger partial charge in [-0.3, -0.25) is 13.8 Å². The topological polar surface area (TPSA) is 117 Å². The molecule has 0 bridgehead atoms. The van der Waals surface area contributed by atoms with Crippen LogP contribution in [0.4, 0.5) is 0 Å². The van der Waals surface area contributed by atoms with Crippen molar-refractivity contribution in [1.82, 2.24) is 0 Å². The number of esters is 1. The zero-order valence-corrected chi connectivity index (χ0v) is 34.2. The molecule has 0 aromatic rings. The number of phosphoric ester groups is 1. The van der Waals surface area contributed by atoms with Gasteiger partial charge in [0.15, 0.2) is 6.10 Å². The summed E-state index contributed by atoms with van der Waals surface area (Å²) in [4.78, 5) is 22.4. The Kier molecular flexibility index (Phi) is 38.7. The van der Waals surface area contributed by atoms with Gasteiger partial charge < -0.3 is 20.1 Å². The molecule has 0 amide bonds. The number of hydrogen-bond acceptors (Lipinski definition) is 7. The second-order valence-corrected chi connectivity index (χ2v) is 15.0. The quantitative estimate of drug-likeness (QED) is 0.0210. The summed E-state index contributed by atoms with van der Waals surface area (Å²) < 4.78 is 33.1. The average molecular weight is 752 g/mol. The zero-order chi connectivity index (χ0) is 38.1. The van der Waals surface area contributed by atoms with Gasteiger partial charge in [0.05, 0.1) is 19.5 Å². The van der Waals surface area contributed by atoms with Gasteiger partial charge in [-0.1, -0.05) is 159 Å². The molecule has 0 aromatic carbocycles. The van der Waals surface area contributed by atoms with Crippen molar-refractivity contribution >= 4 is 13.8 Å². The highest BCUT2D eigenvalue weighted by Crippen LogP contribution is 2.43. The summed E-state index contributed by atoms with van der Waals surface area (Å²) in [7, 11) is -4.30. The summed E-state index contributed by atoms with van der Waals surface area (Å²) in [6, 6.07) is 0. The lowest BCUT2D eigenvalue weighted by atomic mass is 10.0. The molecule has 2 atom stereocenters. The minimum Gasteiger partial charge on any atom is -0.498 e. The molecule has 8 nitrogen and oxygen atoms in total. The molecule has 0 saturated carbocycles. The molecule has 302 valence electrons. The second kappa shape index (κ2) is 40.2. The standard InChI is InChI=1S/C43H78NO7P/c1-3-5-7-9-11-13-15-17-19-21-22-24-26-28-30-32-34-36-43(45)51-42(41-50-52(46,47)49-39-37-44)40-48-38-35-33-31-29-27-25-23-20-18-16-14-12-10-8-6-4-2/h5,7,11,13,17,19,22,24,35,38,42H,3-4,6,8-10,12,14-16,18,20-21,23,25-34,36-37,39-41,44H2,1-2H3,(H,46,47)/b7-5-,13-11-,19-17-,24-22-,38-35-/t42-/m1/s1. The highest BCUT2D eigenvalue weighted by Gasteiger charge is 2.25. The van der Waals surface area contributed by atoms with E-state index in [0.717, 1.165) is 70.6 Å². The van der Waals surface area contributed by atoms with E-state index >= 15 is 0 Å². The Hall–Kier alpha value is -1.96. The van der Waals surface area contributed by atoms with Crippen LogP contribution in [0.3, 0.4) is 0 Å². The average Bonchev–Trinajstić information content (AvgIpc) is 3.13. The van der Waals surface area contributed by atoms with Crippen molar-refractivity contribution in [2.24, 2.45) is 5.73 Å². The first-order valence-electron chi connectivity index (χ1n) is 20.8. The third kappa shape index (κ3) is 39.3. The van der Waals surface area contributed by atoms with Gasteiger partial charge in [0.1, 0.15) is 6.61 Å². The first-order chi connectivity index (χ1) is 25.4. The molecule has 0 spiro atoms. The van der Waals surface area contributed by atoms with Crippen LogP contribution < -0.4 is 5.73 Å². The van der Waals surface area contributed by atoms with E-state index in [-0.39, 0.29) is 38.8 Å². The van der Waals surface area contributed by atoms with Crippen molar-refractivity contribution in [3.05, 3.63) is 60.9 Å². The van der Waals surface area contributed by atoms with E-state index in [0.29, 0.717) is 0 Å². The number of nitrogens with two attached hydrogens (primary N) is 1. The maximum atomic E-state index is 12.5. The molecule has 0 aliphatic rings. The maximum absolute atomic E-state index is 12.5. The number of hydrogen-bond donors (Lipinski definition) is 2. The number of unbranched alkanes of at least 4 members (excludes halogenated alkanes) is 18. The molecular weight excluding hydrogens is 673 g/mol. The predicted octanol–water partition coefficient (Wildman–Crippen LogP) is 12.5. The minimum atomic E-state index is -4.30. The van der Waals surface area contributed by atoms with Crippen LogP contribution in [0, 0.1) is 0 Å². The zero-order valence-electron chi connectivity index (χ0n) is 33.3. The summed E-state index contributed by atoms with van der Waals surface area (Å²) in [6.45, 7) is 4.09. The Morgan fingerprint density at radius 3 is 1.63 bits per heavy atom. The molecule has 0 heterocycles. The second-order valence-electron chi connectivity index (χ2n) is 13.5. The molecular formula is C43H78NO7P. The van der Waals surface area contributed by atoms with E-state index in [2.05, 4.69) is 62.5 Å². The third-order valence-corrected chi connectivity index (χ3v) is 9.50. The molecule has 0 radical (unpaired) electrons. The van der Waals surface area contributed by atoms with Gasteiger partial charge >= 0.3 is 13.8 Å². The molecule has 0 aliphatic carbocycles. The lowest BCUT2D eigenvalue weighted by molar-refractivity contribution is -0.153. The van der Waals surface area contributed by atoms with E-state index in [1.807, 2.05) is 6.08 Å². The SMILES string of the molecule is CC/C=C\C/C=C\C/C=C\C/C=C\CCCCCCC(=O)O[C@H](CO/C=C\CCCCCCCCCCCCCCCC)COP(=O)(O)OCCN. The van der Waals surface area contributed by atoms with Crippen molar-refractivity contribution in [3.8, 4) is 0 Å². The van der Waals surface area contributed by atoms with Crippen molar-refractivity contribution in [2.75, 3.05) is 26.4 Å². The Bertz CT molecular complexity index is 979. The Morgan fingerprint density at radius 1 is 0.615 bits per heavy atom. The first kappa shape index (κ1) is 50.0. The molecule has 0 aliphatic heterocycles. The lowest BCUT2D eigenvalue weighted by Crippen LogP contribution is -2.27. The third-order valence-electron chi connectivity index (χ3n) is 8.51. The van der Waals surface area contributed by atoms with Gasteiger partial charge in [-0.15, -0.1) is 0 Å². The number of allylic oxidation sites excluding steroid dienone is 9. The maximum Gasteiger partial charge on any atom is 0.472 e. The van der Waals surface area contributed by atoms with Crippen LogP contribution in [0.25, 0.3) is 0 Å². The fourth-order valence-electron chi connectivity index (χ4n) is 5.48. The summed E-state index contributed by atoms with van der Waals surface area (Å²) in [5, 5.41) is 0. The highest BCUT2D eigenvalue weighted by molar-refractivity contribution is 7.47. The van der Waals surface area contributed by atoms with Gasteiger partial charge in [0, 0.05) is 13.0 Å². The number of carbonyl (C=O) groups is 1. The molecule has 0 rings (SSSR count). The molecule has 9 heteroatoms. The molecule has 0 aromatic heterocycles. The van der Waals surface area contributed by atoms with Gasteiger partial charge in [-0.05, 0) is 63.9 Å². The van der Waals surface area contributed by atoms with Crippen LogP contribution in [0.2, 0.25) is 0 Å². The molecule has 52 heavy (non-hydrogen) atoms. The number of phosphoric acid groups is 1. The normalized spacial score (nSPS) is 14.1. The summed E-state index contributed by atoms with van der Waals surface area (Å²) >= 11 is 0. The smallest absolute Gasteiger partial charge is 0.472 e. The van der Waals surface area contributed by atoms with Crippen LogP contribution in [0.5, 0.6) is 0 Å². The van der Waals surface area contributed by atoms with E-state index in [4.69, 9.17) is 24.3 Å². The van der Waals surface area contributed by atoms with Crippen molar-refractivity contribution in [3.63, 3.8) is 0 Å². The number of carbonyl (C=O) groups excluding carboxylic acids is 1. The lowest BCUT2D eigenvalue weighted by Gasteiger charge is -2.19. The van der Waals surface area contributed by atoms with Crippen LogP contribution >= 0.6 is 7.82 Å². The Labute approximate surface area is 319 Å². The van der Waals surface area contributed by atoms with Crippen LogP contribution in [-0.4, -0.2) is 43.3 Å². The minimum absolute atomic E-state index is 0.0206. The van der Waals surface area contributed by atoms with Crippen LogP contribution in [-0.2, 0) is 27.9 Å². The molecule has 0 fully saturated rings. The highest BCUT2D eigenvalue weighted by atomic mass is 31.2. The summed E-state index contributed by atoms with van der Waals surface area (Å²) in [6.07, 6.45) is 49.0. The monoisotopic (exact) mass is 752 g/mol. The van der Waals surface area contributed by atoms with Crippen LogP contribution in [0.1, 0.15) is 174 Å². The Balaban J connectivity index is 4.16. The van der Waals surface area contributed by atoms with E-state index in [9.17, 15) is 14.3 Å². The van der Waals surface area contributed by atoms with Gasteiger partial charge in [0.25, 0.3) is 0 Å². The fraction of sp³-hybridized carbons (Fsp3) is 0.744. The molecule has 1 unspecified atom stereocenters. The first-order valence-corrected chi connectivity index (χ1v) is 22.3. The number of ether oxygens (including phenoxy) is 2. The van der Waals surface area contributed by atoms with Gasteiger partial charge in [-0.25, -0.2) is 4.57 Å². The van der Waals surface area contributed by atoms with Gasteiger partial charge in [0.2, 0.25) is 0 Å². The predicted molar refractivity (Wildman–Crippen MR) is 219 cm³/mol. The van der Waals surface area contributed by atoms with Crippen molar-refractivity contribution in [2.45, 2.75) is 180 Å². The van der Waals surface area contributed by atoms with Crippen molar-refractivity contribution < 1.29 is 32.8 Å². The Morgan fingerprint density at radius 2 is 1.10 bits per heavy atom. The fourth-order valence-corrected chi connectivity index (χ4v) is 6.25.